The van der Waals surface area contributed by atoms with E-state index in [0.29, 0.717) is 71.6 Å². The third-order valence-corrected chi connectivity index (χ3v) is 6.58. The number of nitrogens with one attached hydrogen (secondary N) is 1. The zero-order valence-electron chi connectivity index (χ0n) is 19.2. The molecule has 0 amide bonds. The van der Waals surface area contributed by atoms with Gasteiger partial charge in [-0.2, -0.15) is 0 Å². The van der Waals surface area contributed by atoms with E-state index in [1.54, 1.807) is 12.1 Å². The van der Waals surface area contributed by atoms with E-state index in [0.717, 1.165) is 22.0 Å². The number of H-pyrrole nitrogens is 1. The molecule has 9 nitrogen and oxygen atoms in total. The molecule has 9 heteroatoms. The summed E-state index contributed by atoms with van der Waals surface area (Å²) in [7, 11) is 0. The van der Waals surface area contributed by atoms with Gasteiger partial charge < -0.3 is 34.2 Å². The summed E-state index contributed by atoms with van der Waals surface area (Å²) in [4.78, 5) is 21.0. The van der Waals surface area contributed by atoms with Crippen molar-refractivity contribution >= 4 is 21.9 Å². The van der Waals surface area contributed by atoms with Crippen molar-refractivity contribution in [1.82, 2.24) is 14.5 Å². The van der Waals surface area contributed by atoms with E-state index >= 15 is 0 Å². The maximum Gasteiger partial charge on any atom is 0.275 e. The first-order valence-electron chi connectivity index (χ1n) is 11.7. The Hall–Kier alpha value is -4.50. The zero-order valence-corrected chi connectivity index (χ0v) is 19.2. The molecular weight excluding hydrogens is 460 g/mol. The number of hydrogen-bond donors (Lipinski definition) is 2. The minimum Gasteiger partial charge on any atom is -0.486 e. The maximum atomic E-state index is 13.3. The highest BCUT2D eigenvalue weighted by Crippen LogP contribution is 2.41. The quantitative estimate of drug-likeness (QED) is 0.403. The van der Waals surface area contributed by atoms with E-state index in [4.69, 9.17) is 29.7 Å². The molecule has 5 aromatic rings. The maximum absolute atomic E-state index is 13.3. The molecule has 2 aliphatic rings. The lowest BCUT2D eigenvalue weighted by atomic mass is 10.1. The molecule has 7 rings (SSSR count). The fourth-order valence-electron chi connectivity index (χ4n) is 4.89. The van der Waals surface area contributed by atoms with Gasteiger partial charge in [0.2, 0.25) is 6.79 Å². The Morgan fingerprint density at radius 2 is 1.78 bits per heavy atom. The second kappa shape index (κ2) is 8.03. The van der Waals surface area contributed by atoms with Gasteiger partial charge in [-0.15, -0.1) is 0 Å². The molecule has 0 radical (unpaired) electrons. The van der Waals surface area contributed by atoms with Gasteiger partial charge in [-0.3, -0.25) is 4.79 Å². The first-order valence-corrected chi connectivity index (χ1v) is 11.7. The Morgan fingerprint density at radius 3 is 2.67 bits per heavy atom. The van der Waals surface area contributed by atoms with Crippen LogP contribution < -0.4 is 30.2 Å². The van der Waals surface area contributed by atoms with Crippen LogP contribution in [0.4, 0.5) is 0 Å². The second-order valence-corrected chi connectivity index (χ2v) is 8.82. The van der Waals surface area contributed by atoms with Crippen LogP contribution in [-0.4, -0.2) is 34.5 Å². The lowest BCUT2D eigenvalue weighted by Gasteiger charge is -2.19. The van der Waals surface area contributed by atoms with Gasteiger partial charge in [0.1, 0.15) is 24.4 Å². The Labute approximate surface area is 205 Å². The lowest BCUT2D eigenvalue weighted by Crippen LogP contribution is -2.17. The zero-order chi connectivity index (χ0) is 24.2. The molecule has 0 atom stereocenters. The summed E-state index contributed by atoms with van der Waals surface area (Å²) in [5.74, 6) is 2.46. The number of aromatic amines is 1. The number of nitrogens with two attached hydrogens (primary N) is 1. The summed E-state index contributed by atoms with van der Waals surface area (Å²) >= 11 is 0. The fourth-order valence-corrected chi connectivity index (χ4v) is 4.89. The van der Waals surface area contributed by atoms with Crippen LogP contribution in [0.5, 0.6) is 23.0 Å². The van der Waals surface area contributed by atoms with Crippen LogP contribution in [0.15, 0.2) is 59.5 Å². The highest BCUT2D eigenvalue weighted by atomic mass is 16.7. The largest absolute Gasteiger partial charge is 0.486 e. The summed E-state index contributed by atoms with van der Waals surface area (Å²) in [5, 5.41) is 0.841. The van der Waals surface area contributed by atoms with Crippen molar-refractivity contribution in [2.75, 3.05) is 20.0 Å². The Kier molecular flexibility index (Phi) is 4.65. The van der Waals surface area contributed by atoms with E-state index in [2.05, 4.69) is 21.7 Å². The van der Waals surface area contributed by atoms with Crippen molar-refractivity contribution in [3.05, 3.63) is 76.2 Å². The molecule has 0 unspecified atom stereocenters. The van der Waals surface area contributed by atoms with E-state index in [-0.39, 0.29) is 12.4 Å². The van der Waals surface area contributed by atoms with Crippen LogP contribution in [0.25, 0.3) is 33.2 Å². The predicted molar refractivity (Wildman–Crippen MR) is 134 cm³/mol. The summed E-state index contributed by atoms with van der Waals surface area (Å²) in [6.45, 7) is 2.11. The molecule has 3 aromatic carbocycles. The van der Waals surface area contributed by atoms with Gasteiger partial charge in [-0.1, -0.05) is 24.3 Å². The first kappa shape index (κ1) is 20.8. The van der Waals surface area contributed by atoms with Crippen molar-refractivity contribution in [2.24, 2.45) is 5.73 Å². The fraction of sp³-hybridized carbons (Fsp3) is 0.185. The number of ether oxygens (including phenoxy) is 4. The van der Waals surface area contributed by atoms with Gasteiger partial charge in [0.25, 0.3) is 5.56 Å². The standard InChI is InChI=1S/C27H22N4O5/c28-11-15-2-1-3-16(8-15)12-31-13-18(17-9-22-23(10-20(17)31)36-14-35-22)24-27(32)29-19-4-5-21-26(25(19)30-24)34-7-6-33-21/h1-5,8-10,13H,6-7,11-12,14,28H2,(H,29,32). The SMILES string of the molecule is NCc1cccc(Cn2cc(-c3nc4c5c(ccc4[nH]c3=O)OCCO5)c3cc4c(cc32)OCO4)c1. The molecule has 0 saturated carbocycles. The average molecular weight is 482 g/mol. The topological polar surface area (TPSA) is 114 Å². The normalized spacial score (nSPS) is 14.0. The molecule has 3 N–H and O–H groups in total. The number of rotatable bonds is 4. The van der Waals surface area contributed by atoms with Gasteiger partial charge in [0.05, 0.1) is 11.0 Å². The molecule has 0 spiro atoms. The Bertz CT molecular complexity index is 1720. The van der Waals surface area contributed by atoms with Crippen LogP contribution in [0.2, 0.25) is 0 Å². The van der Waals surface area contributed by atoms with Crippen molar-refractivity contribution in [3.63, 3.8) is 0 Å². The van der Waals surface area contributed by atoms with E-state index < -0.39 is 0 Å². The number of aromatic nitrogens is 3. The molecule has 180 valence electrons. The molecule has 2 aromatic heterocycles. The number of nitrogens with zero attached hydrogens (tertiary/aromatic N) is 2. The van der Waals surface area contributed by atoms with E-state index in [1.807, 2.05) is 30.5 Å². The van der Waals surface area contributed by atoms with Gasteiger partial charge in [-0.25, -0.2) is 4.98 Å². The van der Waals surface area contributed by atoms with Crippen LogP contribution in [0.1, 0.15) is 11.1 Å². The number of benzene rings is 3. The molecular formula is C27H22N4O5. The predicted octanol–water partition coefficient (Wildman–Crippen LogP) is 3.55. The molecule has 2 aliphatic heterocycles. The summed E-state index contributed by atoms with van der Waals surface area (Å²) < 4.78 is 25.0. The van der Waals surface area contributed by atoms with E-state index in [1.165, 1.54) is 0 Å². The highest BCUT2D eigenvalue weighted by molar-refractivity contribution is 5.98. The van der Waals surface area contributed by atoms with Crippen LogP contribution in [0.3, 0.4) is 0 Å². The monoisotopic (exact) mass is 482 g/mol. The van der Waals surface area contributed by atoms with Crippen molar-refractivity contribution in [1.29, 1.82) is 0 Å². The smallest absolute Gasteiger partial charge is 0.275 e. The van der Waals surface area contributed by atoms with Crippen LogP contribution in [0, 0.1) is 0 Å². The molecule has 4 heterocycles. The number of fused-ring (bicyclic) bond motifs is 5. The lowest BCUT2D eigenvalue weighted by molar-refractivity contribution is 0.173. The van der Waals surface area contributed by atoms with Gasteiger partial charge in [-0.05, 0) is 29.3 Å². The molecule has 0 saturated heterocycles. The molecule has 36 heavy (non-hydrogen) atoms. The first-order chi connectivity index (χ1) is 17.7. The van der Waals surface area contributed by atoms with Crippen LogP contribution >= 0.6 is 0 Å². The third-order valence-electron chi connectivity index (χ3n) is 6.58. The Morgan fingerprint density at radius 1 is 0.944 bits per heavy atom. The van der Waals surface area contributed by atoms with Crippen molar-refractivity contribution < 1.29 is 18.9 Å². The molecule has 0 aliphatic carbocycles. The number of hydrogen-bond acceptors (Lipinski definition) is 7. The van der Waals surface area contributed by atoms with Crippen molar-refractivity contribution in [3.8, 4) is 34.3 Å². The minimum absolute atomic E-state index is 0.161. The summed E-state index contributed by atoms with van der Waals surface area (Å²) in [6.07, 6.45) is 1.95. The average Bonchev–Trinajstić information content (AvgIpc) is 3.51. The third kappa shape index (κ3) is 3.28. The molecule has 0 bridgehead atoms. The Balaban J connectivity index is 1.44. The van der Waals surface area contributed by atoms with Crippen molar-refractivity contribution in [2.45, 2.75) is 13.1 Å². The van der Waals surface area contributed by atoms with E-state index in [9.17, 15) is 4.79 Å². The molecule has 0 fully saturated rings. The summed E-state index contributed by atoms with van der Waals surface area (Å²) in [6, 6.07) is 15.6. The highest BCUT2D eigenvalue weighted by Gasteiger charge is 2.23. The van der Waals surface area contributed by atoms with Gasteiger partial charge in [0, 0.05) is 36.3 Å². The summed E-state index contributed by atoms with van der Waals surface area (Å²) in [5.41, 5.74) is 10.8. The van der Waals surface area contributed by atoms with Crippen LogP contribution in [-0.2, 0) is 13.1 Å². The van der Waals surface area contributed by atoms with Gasteiger partial charge in [0.15, 0.2) is 23.0 Å². The minimum atomic E-state index is -0.291. The van der Waals surface area contributed by atoms with Gasteiger partial charge >= 0.3 is 0 Å². The second-order valence-electron chi connectivity index (χ2n) is 8.82.